The van der Waals surface area contributed by atoms with Gasteiger partial charge < -0.3 is 14.6 Å². The molecule has 1 aromatic carbocycles. The van der Waals surface area contributed by atoms with E-state index in [1.165, 1.54) is 6.92 Å². The van der Waals surface area contributed by atoms with Crippen LogP contribution in [-0.4, -0.2) is 34.3 Å². The molecule has 0 saturated carbocycles. The number of nitrogens with one attached hydrogen (secondary N) is 1. The predicted octanol–water partition coefficient (Wildman–Crippen LogP) is 3.20. The highest BCUT2D eigenvalue weighted by Gasteiger charge is 2.30. The number of aromatic nitrogens is 2. The number of rotatable bonds is 6. The molecule has 2 atom stereocenters. The van der Waals surface area contributed by atoms with E-state index in [0.717, 1.165) is 11.0 Å². The van der Waals surface area contributed by atoms with Gasteiger partial charge in [0, 0.05) is 6.54 Å². The van der Waals surface area contributed by atoms with Crippen molar-refractivity contribution in [1.82, 2.24) is 14.9 Å². The average Bonchev–Trinajstić information content (AvgIpc) is 2.90. The van der Waals surface area contributed by atoms with Crippen LogP contribution >= 0.6 is 0 Å². The van der Waals surface area contributed by atoms with E-state index in [1.807, 2.05) is 35.8 Å². The number of amides is 1. The zero-order valence-electron chi connectivity index (χ0n) is 13.7. The van der Waals surface area contributed by atoms with Crippen LogP contribution in [0.3, 0.4) is 0 Å². The fraction of sp³-hybridized carbons (Fsp3) is 0.500. The first-order valence-corrected chi connectivity index (χ1v) is 7.66. The lowest BCUT2D eigenvalue weighted by atomic mass is 10.2. The van der Waals surface area contributed by atoms with E-state index in [9.17, 15) is 18.0 Å². The Hall–Kier alpha value is -2.09. The number of para-hydroxylation sites is 2. The molecule has 0 aliphatic heterocycles. The molecule has 0 aliphatic carbocycles. The van der Waals surface area contributed by atoms with Gasteiger partial charge in [0.2, 0.25) is 5.91 Å². The van der Waals surface area contributed by atoms with Crippen LogP contribution in [0.5, 0.6) is 0 Å². The van der Waals surface area contributed by atoms with Gasteiger partial charge in [0.15, 0.2) is 0 Å². The molecule has 0 spiro atoms. The molecule has 0 unspecified atom stereocenters. The van der Waals surface area contributed by atoms with Gasteiger partial charge in [-0.2, -0.15) is 13.2 Å². The summed E-state index contributed by atoms with van der Waals surface area (Å²) < 4.78 is 43.0. The fourth-order valence-corrected chi connectivity index (χ4v) is 2.45. The molecule has 24 heavy (non-hydrogen) atoms. The minimum atomic E-state index is -4.46. The van der Waals surface area contributed by atoms with Crippen molar-refractivity contribution in [3.8, 4) is 0 Å². The summed E-state index contributed by atoms with van der Waals surface area (Å²) in [4.78, 5) is 16.5. The first-order valence-electron chi connectivity index (χ1n) is 7.66. The quantitative estimate of drug-likeness (QED) is 0.876. The minimum Gasteiger partial charge on any atom is -0.359 e. The lowest BCUT2D eigenvalue weighted by molar-refractivity contribution is -0.185. The van der Waals surface area contributed by atoms with Crippen molar-refractivity contribution < 1.29 is 22.7 Å². The largest absolute Gasteiger partial charge is 0.411 e. The number of ether oxygens (including phenoxy) is 1. The van der Waals surface area contributed by atoms with Crippen LogP contribution in [0.15, 0.2) is 24.3 Å². The summed E-state index contributed by atoms with van der Waals surface area (Å²) in [5.74, 6) is 0.0385. The highest BCUT2D eigenvalue weighted by Crippen LogP contribution is 2.21. The van der Waals surface area contributed by atoms with Crippen molar-refractivity contribution in [1.29, 1.82) is 0 Å². The molecule has 1 amide bonds. The first kappa shape index (κ1) is 18.3. The van der Waals surface area contributed by atoms with E-state index in [-0.39, 0.29) is 0 Å². The molecule has 1 aromatic heterocycles. The van der Waals surface area contributed by atoms with Crippen LogP contribution in [0.25, 0.3) is 11.0 Å². The molecule has 1 heterocycles. The van der Waals surface area contributed by atoms with Crippen LogP contribution < -0.4 is 5.32 Å². The van der Waals surface area contributed by atoms with Gasteiger partial charge in [-0.05, 0) is 32.9 Å². The third kappa shape index (κ3) is 4.25. The Kier molecular flexibility index (Phi) is 5.48. The van der Waals surface area contributed by atoms with Gasteiger partial charge >= 0.3 is 6.18 Å². The molecule has 2 rings (SSSR count). The number of halogens is 3. The molecule has 0 bridgehead atoms. The Morgan fingerprint density at radius 3 is 2.62 bits per heavy atom. The number of alkyl halides is 3. The first-order chi connectivity index (χ1) is 11.2. The van der Waals surface area contributed by atoms with Crippen LogP contribution in [0.4, 0.5) is 13.2 Å². The summed E-state index contributed by atoms with van der Waals surface area (Å²) in [6, 6.07) is 7.11. The molecular weight excluding hydrogens is 323 g/mol. The SMILES string of the molecule is CCn1c([C@@H](C)NC(=O)[C@@H](C)OCC(F)(F)F)nc2ccccc21. The van der Waals surface area contributed by atoms with Crippen LogP contribution in [-0.2, 0) is 16.1 Å². The number of hydrogen-bond acceptors (Lipinski definition) is 3. The highest BCUT2D eigenvalue weighted by molar-refractivity contribution is 5.81. The fourth-order valence-electron chi connectivity index (χ4n) is 2.45. The number of nitrogens with zero attached hydrogens (tertiary/aromatic N) is 2. The predicted molar refractivity (Wildman–Crippen MR) is 83.4 cm³/mol. The molecule has 5 nitrogen and oxygen atoms in total. The lowest BCUT2D eigenvalue weighted by Crippen LogP contribution is -2.38. The van der Waals surface area contributed by atoms with E-state index < -0.39 is 30.8 Å². The molecular formula is C16H20F3N3O2. The smallest absolute Gasteiger partial charge is 0.359 e. The summed E-state index contributed by atoms with van der Waals surface area (Å²) in [7, 11) is 0. The van der Waals surface area contributed by atoms with Gasteiger partial charge in [0.25, 0.3) is 0 Å². The second kappa shape index (κ2) is 7.21. The standard InChI is InChI=1S/C16H20F3N3O2/c1-4-22-13-8-6-5-7-12(13)21-14(22)10(2)20-15(23)11(3)24-9-16(17,18)19/h5-8,10-11H,4,9H2,1-3H3,(H,20,23)/t10-,11-/m1/s1. The summed E-state index contributed by atoms with van der Waals surface area (Å²) in [5, 5.41) is 2.65. The van der Waals surface area contributed by atoms with E-state index in [0.29, 0.717) is 12.4 Å². The van der Waals surface area contributed by atoms with E-state index in [4.69, 9.17) is 0 Å². The number of carbonyl (C=O) groups is 1. The number of hydrogen-bond donors (Lipinski definition) is 1. The minimum absolute atomic E-state index is 0.457. The van der Waals surface area contributed by atoms with E-state index in [2.05, 4.69) is 15.0 Å². The number of carbonyl (C=O) groups excluding carboxylic acids is 1. The van der Waals surface area contributed by atoms with Crippen molar-refractivity contribution in [2.45, 2.75) is 45.6 Å². The van der Waals surface area contributed by atoms with Crippen molar-refractivity contribution >= 4 is 16.9 Å². The topological polar surface area (TPSA) is 56.2 Å². The Bertz CT molecular complexity index is 712. The molecule has 2 aromatic rings. The maximum atomic E-state index is 12.2. The lowest BCUT2D eigenvalue weighted by Gasteiger charge is -2.19. The summed E-state index contributed by atoms with van der Waals surface area (Å²) in [6.07, 6.45) is -5.66. The number of imidazole rings is 1. The summed E-state index contributed by atoms with van der Waals surface area (Å²) >= 11 is 0. The van der Waals surface area contributed by atoms with Crippen molar-refractivity contribution in [2.75, 3.05) is 6.61 Å². The van der Waals surface area contributed by atoms with Gasteiger partial charge in [0.1, 0.15) is 18.5 Å². The van der Waals surface area contributed by atoms with Gasteiger partial charge in [-0.1, -0.05) is 12.1 Å². The van der Waals surface area contributed by atoms with Crippen molar-refractivity contribution in [3.05, 3.63) is 30.1 Å². The van der Waals surface area contributed by atoms with Gasteiger partial charge in [-0.25, -0.2) is 4.98 Å². The highest BCUT2D eigenvalue weighted by atomic mass is 19.4. The molecule has 0 radical (unpaired) electrons. The van der Waals surface area contributed by atoms with Crippen molar-refractivity contribution in [2.24, 2.45) is 0 Å². The molecule has 0 fully saturated rings. The zero-order chi connectivity index (χ0) is 17.9. The van der Waals surface area contributed by atoms with E-state index >= 15 is 0 Å². The number of aryl methyl sites for hydroxylation is 1. The average molecular weight is 343 g/mol. The van der Waals surface area contributed by atoms with E-state index in [1.54, 1.807) is 6.92 Å². The monoisotopic (exact) mass is 343 g/mol. The summed E-state index contributed by atoms with van der Waals surface area (Å²) in [6.45, 7) is 4.19. The van der Waals surface area contributed by atoms with Crippen molar-refractivity contribution in [3.63, 3.8) is 0 Å². The van der Waals surface area contributed by atoms with Gasteiger partial charge in [-0.15, -0.1) is 0 Å². The molecule has 0 aliphatic rings. The Labute approximate surface area is 137 Å². The van der Waals surface area contributed by atoms with Crippen LogP contribution in [0, 0.1) is 0 Å². The Morgan fingerprint density at radius 2 is 2.00 bits per heavy atom. The molecule has 0 saturated heterocycles. The molecule has 8 heteroatoms. The number of benzene rings is 1. The maximum Gasteiger partial charge on any atom is 0.411 e. The van der Waals surface area contributed by atoms with Gasteiger partial charge in [-0.3, -0.25) is 4.79 Å². The third-order valence-electron chi connectivity index (χ3n) is 3.61. The normalized spacial score (nSPS) is 14.6. The zero-order valence-corrected chi connectivity index (χ0v) is 13.7. The molecule has 1 N–H and O–H groups in total. The maximum absolute atomic E-state index is 12.2. The Balaban J connectivity index is 2.09. The van der Waals surface area contributed by atoms with Gasteiger partial charge in [0.05, 0.1) is 17.1 Å². The third-order valence-corrected chi connectivity index (χ3v) is 3.61. The van der Waals surface area contributed by atoms with Crippen LogP contribution in [0.1, 0.15) is 32.6 Å². The second-order valence-corrected chi connectivity index (χ2v) is 5.50. The Morgan fingerprint density at radius 1 is 1.33 bits per heavy atom. The number of fused-ring (bicyclic) bond motifs is 1. The summed E-state index contributed by atoms with van der Waals surface area (Å²) in [5.41, 5.74) is 1.74. The second-order valence-electron chi connectivity index (χ2n) is 5.50. The molecule has 132 valence electrons. The van der Waals surface area contributed by atoms with Crippen LogP contribution in [0.2, 0.25) is 0 Å².